The average molecular weight is 425 g/mol. The average Bonchev–Trinajstić information content (AvgIpc) is 3.70. The molecule has 3 rings (SSSR count). The van der Waals surface area contributed by atoms with Gasteiger partial charge in [-0.05, 0) is 89.7 Å². The van der Waals surface area contributed by atoms with Crippen molar-refractivity contribution in [3.05, 3.63) is 83.0 Å². The number of hydrogen-bond acceptors (Lipinski definition) is 0. The van der Waals surface area contributed by atoms with Gasteiger partial charge in [0.05, 0.1) is 0 Å². The van der Waals surface area contributed by atoms with E-state index < -0.39 is 0 Å². The van der Waals surface area contributed by atoms with Crippen LogP contribution in [-0.4, -0.2) is 0 Å². The smallest absolute Gasteiger partial charge is 0.0146 e. The molecule has 2 fully saturated rings. The molecule has 0 radical (unpaired) electrons. The second-order valence-electron chi connectivity index (χ2n) is 8.46. The van der Waals surface area contributed by atoms with Crippen molar-refractivity contribution >= 4 is 0 Å². The van der Waals surface area contributed by atoms with Gasteiger partial charge in [0.15, 0.2) is 0 Å². The zero-order chi connectivity index (χ0) is 24.6. The van der Waals surface area contributed by atoms with Crippen LogP contribution in [0.25, 0.3) is 0 Å². The molecule has 2 aliphatic rings. The van der Waals surface area contributed by atoms with E-state index in [0.29, 0.717) is 0 Å². The van der Waals surface area contributed by atoms with E-state index in [1.54, 1.807) is 0 Å². The highest BCUT2D eigenvalue weighted by Gasteiger charge is 2.62. The maximum atomic E-state index is 3.95. The second kappa shape index (κ2) is 16.8. The maximum absolute atomic E-state index is 3.95. The quantitative estimate of drug-likeness (QED) is 0.333. The summed E-state index contributed by atoms with van der Waals surface area (Å²) in [4.78, 5) is 0. The van der Waals surface area contributed by atoms with E-state index in [-0.39, 0.29) is 0 Å². The zero-order valence-corrected chi connectivity index (χ0v) is 22.8. The van der Waals surface area contributed by atoms with E-state index in [4.69, 9.17) is 0 Å². The molecule has 0 nitrogen and oxygen atoms in total. The summed E-state index contributed by atoms with van der Waals surface area (Å²) < 4.78 is 0. The van der Waals surface area contributed by atoms with Gasteiger partial charge in [-0.25, -0.2) is 0 Å². The molecule has 0 aromatic heterocycles. The summed E-state index contributed by atoms with van der Waals surface area (Å²) in [6, 6.07) is 6.61. The third-order valence-corrected chi connectivity index (χ3v) is 5.65. The number of benzene rings is 1. The van der Waals surface area contributed by atoms with Crippen LogP contribution in [0.4, 0.5) is 0 Å². The lowest BCUT2D eigenvalue weighted by Gasteiger charge is -2.02. The van der Waals surface area contributed by atoms with Crippen molar-refractivity contribution in [1.82, 2.24) is 0 Å². The van der Waals surface area contributed by atoms with Gasteiger partial charge < -0.3 is 0 Å². The van der Waals surface area contributed by atoms with Gasteiger partial charge in [-0.2, -0.15) is 0 Å². The number of allylic oxidation sites excluding steroid dienone is 6. The van der Waals surface area contributed by atoms with Crippen molar-refractivity contribution < 1.29 is 0 Å². The summed E-state index contributed by atoms with van der Waals surface area (Å²) in [7, 11) is 0. The van der Waals surface area contributed by atoms with Crippen LogP contribution in [0.3, 0.4) is 0 Å². The largest absolute Gasteiger partial charge is 0.0998 e. The first kappa shape index (κ1) is 31.4. The SMILES string of the molecule is C=C(C)/C=C\C(C)=C/C.C=C(C)C1CC12CC2.CC.CC.CCc1cc(C)ccc1C. The van der Waals surface area contributed by atoms with Crippen LogP contribution >= 0.6 is 0 Å². The molecule has 0 saturated heterocycles. The Balaban J connectivity index is 0. The highest BCUT2D eigenvalue weighted by molar-refractivity contribution is 5.30. The third kappa shape index (κ3) is 13.2. The minimum absolute atomic E-state index is 0.839. The Hall–Kier alpha value is -1.82. The molecular formula is C31H52. The fraction of sp³-hybridized carbons (Fsp3) is 0.548. The van der Waals surface area contributed by atoms with E-state index in [0.717, 1.165) is 23.3 Å². The molecule has 0 N–H and O–H groups in total. The standard InChI is InChI=1S/C10H14.C9H14.C8H12.2C2H6/c1-4-10-7-8(2)5-6-9(10)3;1-5-9(4)7-6-8(2)3;1-6(2)7-5-8(7)3-4-8;2*1-2/h5-7H,4H2,1-3H3;5-7H,2H2,1,3-4H3;7H,1,3-5H2,2H3;2*1-2H3/b;7-6-,9-5-;;;. The number of hydrogen-bond donors (Lipinski definition) is 0. The molecule has 176 valence electrons. The van der Waals surface area contributed by atoms with Gasteiger partial charge in [0, 0.05) is 0 Å². The summed E-state index contributed by atoms with van der Waals surface area (Å²) >= 11 is 0. The Kier molecular flexibility index (Phi) is 17.0. The third-order valence-electron chi connectivity index (χ3n) is 5.65. The van der Waals surface area contributed by atoms with Crippen LogP contribution < -0.4 is 0 Å². The summed E-state index contributed by atoms with van der Waals surface area (Å²) in [6.07, 6.45) is 11.7. The van der Waals surface area contributed by atoms with Gasteiger partial charge >= 0.3 is 0 Å². The molecule has 1 unspecified atom stereocenters. The molecule has 1 atom stereocenters. The van der Waals surface area contributed by atoms with Crippen LogP contribution in [0.2, 0.25) is 0 Å². The van der Waals surface area contributed by atoms with E-state index >= 15 is 0 Å². The minimum Gasteiger partial charge on any atom is -0.0998 e. The van der Waals surface area contributed by atoms with E-state index in [1.165, 1.54) is 47.1 Å². The molecule has 1 aromatic rings. The lowest BCUT2D eigenvalue weighted by Crippen LogP contribution is -1.86. The molecular weight excluding hydrogens is 372 g/mol. The summed E-state index contributed by atoms with van der Waals surface area (Å²) in [5, 5.41) is 0. The Morgan fingerprint density at radius 1 is 1.00 bits per heavy atom. The predicted molar refractivity (Wildman–Crippen MR) is 146 cm³/mol. The first-order valence-corrected chi connectivity index (χ1v) is 12.3. The number of rotatable bonds is 4. The molecule has 2 saturated carbocycles. The summed E-state index contributed by atoms with van der Waals surface area (Å²) in [5.41, 5.74) is 8.87. The normalized spacial score (nSPS) is 16.9. The topological polar surface area (TPSA) is 0 Å². The fourth-order valence-corrected chi connectivity index (χ4v) is 3.31. The molecule has 0 aliphatic heterocycles. The van der Waals surface area contributed by atoms with E-state index in [2.05, 4.69) is 78.1 Å². The van der Waals surface area contributed by atoms with Crippen LogP contribution in [0.1, 0.15) is 98.3 Å². The molecule has 0 bridgehead atoms. The highest BCUT2D eigenvalue weighted by atomic mass is 14.7. The Morgan fingerprint density at radius 3 is 1.84 bits per heavy atom. The molecule has 0 heterocycles. The molecule has 0 heteroatoms. The summed E-state index contributed by atoms with van der Waals surface area (Å²) in [6.45, 7) is 30.4. The minimum atomic E-state index is 0.839. The maximum Gasteiger partial charge on any atom is -0.0146 e. The lowest BCUT2D eigenvalue weighted by molar-refractivity contribution is 0.794. The molecule has 0 amide bonds. The van der Waals surface area contributed by atoms with Crippen LogP contribution in [-0.2, 0) is 6.42 Å². The van der Waals surface area contributed by atoms with Crippen molar-refractivity contribution in [2.45, 2.75) is 102 Å². The highest BCUT2D eigenvalue weighted by Crippen LogP contribution is 2.72. The van der Waals surface area contributed by atoms with Crippen molar-refractivity contribution in [1.29, 1.82) is 0 Å². The molecule has 2 aliphatic carbocycles. The van der Waals surface area contributed by atoms with Gasteiger partial charge in [0.2, 0.25) is 0 Å². The van der Waals surface area contributed by atoms with Gasteiger partial charge in [-0.3, -0.25) is 0 Å². The first-order valence-electron chi connectivity index (χ1n) is 12.3. The predicted octanol–water partition coefficient (Wildman–Crippen LogP) is 10.4. The second-order valence-corrected chi connectivity index (χ2v) is 8.46. The first-order chi connectivity index (χ1) is 14.6. The van der Waals surface area contributed by atoms with Crippen molar-refractivity contribution in [3.63, 3.8) is 0 Å². The van der Waals surface area contributed by atoms with E-state index in [1.807, 2.05) is 47.6 Å². The van der Waals surface area contributed by atoms with Crippen LogP contribution in [0.15, 0.2) is 66.3 Å². The zero-order valence-electron chi connectivity index (χ0n) is 22.8. The molecule has 31 heavy (non-hydrogen) atoms. The van der Waals surface area contributed by atoms with Crippen molar-refractivity contribution in [2.24, 2.45) is 11.3 Å². The Bertz CT molecular complexity index is 708. The van der Waals surface area contributed by atoms with Crippen molar-refractivity contribution in [2.75, 3.05) is 0 Å². The fourth-order valence-electron chi connectivity index (χ4n) is 3.31. The summed E-state index contributed by atoms with van der Waals surface area (Å²) in [5.74, 6) is 0.933. The molecule has 1 spiro atoms. The monoisotopic (exact) mass is 424 g/mol. The van der Waals surface area contributed by atoms with Gasteiger partial charge in [-0.1, -0.05) is 106 Å². The Labute approximate surface area is 196 Å². The lowest BCUT2D eigenvalue weighted by atomic mass is 10.0. The Morgan fingerprint density at radius 2 is 1.55 bits per heavy atom. The van der Waals surface area contributed by atoms with Gasteiger partial charge in [0.25, 0.3) is 0 Å². The molecule has 1 aromatic carbocycles. The van der Waals surface area contributed by atoms with E-state index in [9.17, 15) is 0 Å². The van der Waals surface area contributed by atoms with Crippen LogP contribution in [0.5, 0.6) is 0 Å². The van der Waals surface area contributed by atoms with Gasteiger partial charge in [0.1, 0.15) is 0 Å². The number of aryl methyl sites for hydroxylation is 3. The van der Waals surface area contributed by atoms with Crippen LogP contribution in [0, 0.1) is 25.2 Å². The van der Waals surface area contributed by atoms with Crippen molar-refractivity contribution in [3.8, 4) is 0 Å². The van der Waals surface area contributed by atoms with Gasteiger partial charge in [-0.15, -0.1) is 0 Å².